The fraction of sp³-hybridized carbons (Fsp3) is 0.182. The summed E-state index contributed by atoms with van der Waals surface area (Å²) in [5.41, 5.74) is 1.83. The van der Waals surface area contributed by atoms with E-state index in [1.54, 1.807) is 0 Å². The first-order valence-electron chi connectivity index (χ1n) is 4.43. The van der Waals surface area contributed by atoms with Crippen LogP contribution in [-0.2, 0) is 7.05 Å². The lowest BCUT2D eigenvalue weighted by Gasteiger charge is -2.01. The average Bonchev–Trinajstić information content (AvgIpc) is 2.55. The van der Waals surface area contributed by atoms with Crippen LogP contribution < -0.4 is 5.32 Å². The van der Waals surface area contributed by atoms with Gasteiger partial charge in [0.05, 0.1) is 11.6 Å². The van der Waals surface area contributed by atoms with Crippen LogP contribution in [0.3, 0.4) is 0 Å². The second-order valence-corrected chi connectivity index (χ2v) is 3.22. The van der Waals surface area contributed by atoms with Gasteiger partial charge in [-0.1, -0.05) is 0 Å². The third-order valence-electron chi connectivity index (χ3n) is 2.43. The average molecular weight is 185 g/mol. The Morgan fingerprint density at radius 3 is 2.79 bits per heavy atom. The minimum Gasteiger partial charge on any atom is -0.375 e. The van der Waals surface area contributed by atoms with Gasteiger partial charge in [-0.3, -0.25) is 0 Å². The Bertz CT molecular complexity index is 517. The molecule has 0 saturated heterocycles. The van der Waals surface area contributed by atoms with Crippen molar-refractivity contribution in [2.75, 3.05) is 12.4 Å². The highest BCUT2D eigenvalue weighted by atomic mass is 15.1. The number of aromatic nitrogens is 1. The molecular weight excluding hydrogens is 174 g/mol. The van der Waals surface area contributed by atoms with Crippen molar-refractivity contribution < 1.29 is 0 Å². The van der Waals surface area contributed by atoms with Crippen molar-refractivity contribution >= 4 is 16.7 Å². The van der Waals surface area contributed by atoms with E-state index in [1.807, 2.05) is 38.4 Å². The molecule has 0 bridgehead atoms. The highest BCUT2D eigenvalue weighted by Gasteiger charge is 2.04. The lowest BCUT2D eigenvalue weighted by molar-refractivity contribution is 0.972. The molecule has 0 aliphatic heterocycles. The van der Waals surface area contributed by atoms with Gasteiger partial charge in [0.2, 0.25) is 0 Å². The van der Waals surface area contributed by atoms with Crippen molar-refractivity contribution in [2.24, 2.45) is 7.05 Å². The molecule has 70 valence electrons. The van der Waals surface area contributed by atoms with Gasteiger partial charge in [-0.2, -0.15) is 5.26 Å². The van der Waals surface area contributed by atoms with Gasteiger partial charge >= 0.3 is 0 Å². The van der Waals surface area contributed by atoms with Crippen LogP contribution in [0.25, 0.3) is 10.9 Å². The van der Waals surface area contributed by atoms with Gasteiger partial charge in [-0.25, -0.2) is 0 Å². The largest absolute Gasteiger partial charge is 0.375 e. The minimum absolute atomic E-state index is 0.700. The van der Waals surface area contributed by atoms with Crippen LogP contribution in [-0.4, -0.2) is 11.6 Å². The molecule has 0 atom stereocenters. The number of nitriles is 1. The lowest BCUT2D eigenvalue weighted by Crippen LogP contribution is -1.95. The van der Waals surface area contributed by atoms with Crippen molar-refractivity contribution in [1.29, 1.82) is 5.26 Å². The Kier molecular flexibility index (Phi) is 1.90. The van der Waals surface area contributed by atoms with E-state index in [9.17, 15) is 0 Å². The van der Waals surface area contributed by atoms with E-state index in [1.165, 1.54) is 0 Å². The Hall–Kier alpha value is -1.95. The van der Waals surface area contributed by atoms with Crippen molar-refractivity contribution in [2.45, 2.75) is 0 Å². The first-order chi connectivity index (χ1) is 6.76. The third-order valence-corrected chi connectivity index (χ3v) is 2.43. The normalized spacial score (nSPS) is 10.1. The van der Waals surface area contributed by atoms with Crippen molar-refractivity contribution in [3.63, 3.8) is 0 Å². The molecule has 1 aromatic carbocycles. The second-order valence-electron chi connectivity index (χ2n) is 3.22. The third kappa shape index (κ3) is 1.12. The van der Waals surface area contributed by atoms with Gasteiger partial charge < -0.3 is 9.88 Å². The monoisotopic (exact) mass is 185 g/mol. The fourth-order valence-electron chi connectivity index (χ4n) is 1.66. The maximum Gasteiger partial charge on any atom is 0.106 e. The van der Waals surface area contributed by atoms with Crippen LogP contribution in [0.2, 0.25) is 0 Å². The fourth-order valence-corrected chi connectivity index (χ4v) is 1.66. The lowest BCUT2D eigenvalue weighted by atomic mass is 10.2. The molecule has 0 aliphatic carbocycles. The van der Waals surface area contributed by atoms with Gasteiger partial charge in [0, 0.05) is 25.0 Å². The molecule has 14 heavy (non-hydrogen) atoms. The smallest absolute Gasteiger partial charge is 0.106 e. The number of aryl methyl sites for hydroxylation is 1. The van der Waals surface area contributed by atoms with Gasteiger partial charge in [-0.05, 0) is 24.3 Å². The van der Waals surface area contributed by atoms with E-state index >= 15 is 0 Å². The maximum absolute atomic E-state index is 8.76. The first-order valence-corrected chi connectivity index (χ1v) is 4.43. The number of nitrogens with one attached hydrogen (secondary N) is 1. The molecule has 0 amide bonds. The van der Waals surface area contributed by atoms with Crippen LogP contribution in [0.1, 0.15) is 5.56 Å². The topological polar surface area (TPSA) is 40.8 Å². The van der Waals surface area contributed by atoms with Crippen molar-refractivity contribution in [3.8, 4) is 6.07 Å². The van der Waals surface area contributed by atoms with Crippen LogP contribution in [0, 0.1) is 11.3 Å². The SMILES string of the molecule is CNc1cc2cc(C#N)ccc2n1C. The summed E-state index contributed by atoms with van der Waals surface area (Å²) in [6.45, 7) is 0. The predicted molar refractivity (Wildman–Crippen MR) is 57.2 cm³/mol. The van der Waals surface area contributed by atoms with E-state index in [0.29, 0.717) is 5.56 Å². The summed E-state index contributed by atoms with van der Waals surface area (Å²) >= 11 is 0. The van der Waals surface area contributed by atoms with Crippen LogP contribution in [0.4, 0.5) is 5.82 Å². The van der Waals surface area contributed by atoms with Crippen molar-refractivity contribution in [1.82, 2.24) is 4.57 Å². The van der Waals surface area contributed by atoms with Crippen LogP contribution in [0.15, 0.2) is 24.3 Å². The Morgan fingerprint density at radius 2 is 2.14 bits per heavy atom. The standard InChI is InChI=1S/C11H11N3/c1-13-11-6-9-5-8(7-12)3-4-10(9)14(11)2/h3-6,13H,1-2H3. The van der Waals surface area contributed by atoms with E-state index in [4.69, 9.17) is 5.26 Å². The summed E-state index contributed by atoms with van der Waals surface area (Å²) in [4.78, 5) is 0. The van der Waals surface area contributed by atoms with Gasteiger partial charge in [0.15, 0.2) is 0 Å². The quantitative estimate of drug-likeness (QED) is 0.739. The number of hydrogen-bond donors (Lipinski definition) is 1. The molecule has 0 spiro atoms. The molecule has 2 rings (SSSR count). The van der Waals surface area contributed by atoms with E-state index in [-0.39, 0.29) is 0 Å². The highest BCUT2D eigenvalue weighted by Crippen LogP contribution is 2.22. The molecule has 1 aromatic heterocycles. The Morgan fingerprint density at radius 1 is 1.36 bits per heavy atom. The maximum atomic E-state index is 8.76. The first kappa shape index (κ1) is 8.64. The number of hydrogen-bond acceptors (Lipinski definition) is 2. The summed E-state index contributed by atoms with van der Waals surface area (Å²) in [5.74, 6) is 1.05. The zero-order valence-corrected chi connectivity index (χ0v) is 8.20. The molecule has 2 aromatic rings. The zero-order valence-electron chi connectivity index (χ0n) is 8.20. The number of benzene rings is 1. The summed E-state index contributed by atoms with van der Waals surface area (Å²) in [7, 11) is 3.89. The minimum atomic E-state index is 0.700. The number of rotatable bonds is 1. The summed E-state index contributed by atoms with van der Waals surface area (Å²) in [5, 5.41) is 13.0. The number of nitrogens with zero attached hydrogens (tertiary/aromatic N) is 2. The molecule has 0 radical (unpaired) electrons. The van der Waals surface area contributed by atoms with Crippen LogP contribution in [0.5, 0.6) is 0 Å². The molecule has 1 N–H and O–H groups in total. The molecule has 3 nitrogen and oxygen atoms in total. The zero-order chi connectivity index (χ0) is 10.1. The molecule has 3 heteroatoms. The van der Waals surface area contributed by atoms with Crippen molar-refractivity contribution in [3.05, 3.63) is 29.8 Å². The Labute approximate surface area is 82.6 Å². The van der Waals surface area contributed by atoms with Crippen LogP contribution >= 0.6 is 0 Å². The molecule has 0 saturated carbocycles. The van der Waals surface area contributed by atoms with E-state index < -0.39 is 0 Å². The summed E-state index contributed by atoms with van der Waals surface area (Å²) < 4.78 is 2.07. The molecule has 0 fully saturated rings. The molecule has 0 aliphatic rings. The van der Waals surface area contributed by atoms with E-state index in [0.717, 1.165) is 16.7 Å². The molecule has 0 unspecified atom stereocenters. The molecule has 1 heterocycles. The number of fused-ring (bicyclic) bond motifs is 1. The van der Waals surface area contributed by atoms with Gasteiger partial charge in [0.25, 0.3) is 0 Å². The van der Waals surface area contributed by atoms with Gasteiger partial charge in [-0.15, -0.1) is 0 Å². The van der Waals surface area contributed by atoms with Gasteiger partial charge in [0.1, 0.15) is 5.82 Å². The Balaban J connectivity index is 2.74. The summed E-state index contributed by atoms with van der Waals surface area (Å²) in [6, 6.07) is 9.88. The van der Waals surface area contributed by atoms with E-state index in [2.05, 4.69) is 16.0 Å². The second kappa shape index (κ2) is 3.08. The molecular formula is C11H11N3. The summed E-state index contributed by atoms with van der Waals surface area (Å²) in [6.07, 6.45) is 0. The number of anilines is 1. The predicted octanol–water partition coefficient (Wildman–Crippen LogP) is 2.09. The highest BCUT2D eigenvalue weighted by molar-refractivity contribution is 5.86.